The van der Waals surface area contributed by atoms with Gasteiger partial charge in [-0.05, 0) is 75.0 Å². The molecule has 5 saturated heterocycles. The summed E-state index contributed by atoms with van der Waals surface area (Å²) in [6.45, 7) is 10.1. The van der Waals surface area contributed by atoms with E-state index in [1.807, 2.05) is 6.92 Å². The maximum Gasteiger partial charge on any atom is 0.331 e. The minimum atomic E-state index is -1.22. The highest BCUT2D eigenvalue weighted by atomic mass is 32.2. The predicted octanol–water partition coefficient (Wildman–Crippen LogP) is 4.04. The molecule has 13 heteroatoms. The molecule has 3 N–H and O–H groups in total. The lowest BCUT2D eigenvalue weighted by atomic mass is 9.55. The number of hydrogen-bond acceptors (Lipinski definition) is 13. The number of benzene rings is 2. The second-order valence-electron chi connectivity index (χ2n) is 16.1. The number of methoxy groups -OCH3 is 3. The zero-order valence-electron chi connectivity index (χ0n) is 31.6. The molecule has 5 fully saturated rings. The summed E-state index contributed by atoms with van der Waals surface area (Å²) in [4.78, 5) is 19.8. The Kier molecular flexibility index (Phi) is 7.91. The molecule has 284 valence electrons. The predicted molar refractivity (Wildman–Crippen MR) is 197 cm³/mol. The van der Waals surface area contributed by atoms with E-state index in [-0.39, 0.29) is 54.3 Å². The number of aromatic hydroxyl groups is 2. The average molecular weight is 748 g/mol. The average Bonchev–Trinajstić information content (AvgIpc) is 3.61. The number of phenols is 2. The van der Waals surface area contributed by atoms with Crippen LogP contribution in [0.4, 0.5) is 0 Å². The number of rotatable bonds is 3. The summed E-state index contributed by atoms with van der Waals surface area (Å²) < 4.78 is 37.1. The maximum atomic E-state index is 14.8. The fourth-order valence-electron chi connectivity index (χ4n) is 11.6. The topological polar surface area (TPSA) is 131 Å². The van der Waals surface area contributed by atoms with Gasteiger partial charge in [0.2, 0.25) is 6.79 Å². The van der Waals surface area contributed by atoms with Crippen LogP contribution in [-0.4, -0.2) is 116 Å². The molecule has 0 saturated carbocycles. The normalized spacial score (nSPS) is 36.1. The van der Waals surface area contributed by atoms with Gasteiger partial charge in [-0.25, -0.2) is 4.79 Å². The number of piperazine rings is 1. The van der Waals surface area contributed by atoms with Gasteiger partial charge in [0.25, 0.3) is 0 Å². The molecule has 4 unspecified atom stereocenters. The number of nitrogens with zero attached hydrogens (tertiary/aromatic N) is 2. The number of thioether (sulfide) groups is 1. The second-order valence-corrected chi connectivity index (χ2v) is 17.2. The lowest BCUT2D eigenvalue weighted by Crippen LogP contribution is -2.80. The second kappa shape index (κ2) is 11.9. The van der Waals surface area contributed by atoms with Crippen LogP contribution < -0.4 is 14.8 Å². The lowest BCUT2D eigenvalue weighted by Gasteiger charge is -2.70. The summed E-state index contributed by atoms with van der Waals surface area (Å²) in [7, 11) is 7.06. The quantitative estimate of drug-likeness (QED) is 0.391. The van der Waals surface area contributed by atoms with Crippen molar-refractivity contribution >= 4 is 17.7 Å². The van der Waals surface area contributed by atoms with Gasteiger partial charge in [-0.1, -0.05) is 13.0 Å². The molecule has 0 radical (unpaired) electrons. The Morgan fingerprint density at radius 3 is 2.53 bits per heavy atom. The molecule has 12 nitrogen and oxygen atoms in total. The first-order valence-electron chi connectivity index (χ1n) is 18.4. The van der Waals surface area contributed by atoms with E-state index in [1.165, 1.54) is 7.11 Å². The number of phenolic OH excluding ortho intramolecular Hbond substituents is 2. The van der Waals surface area contributed by atoms with E-state index in [9.17, 15) is 15.0 Å². The number of carbonyl (C=O) groups excluding carboxylic acids is 1. The Labute approximate surface area is 314 Å². The van der Waals surface area contributed by atoms with Crippen LogP contribution in [0.2, 0.25) is 0 Å². The van der Waals surface area contributed by atoms with Crippen molar-refractivity contribution in [3.8, 4) is 23.0 Å². The first-order valence-corrected chi connectivity index (χ1v) is 19.5. The molecule has 53 heavy (non-hydrogen) atoms. The molecule has 2 aromatic carbocycles. The maximum absolute atomic E-state index is 14.8. The molecule has 0 amide bonds. The number of nitrogens with one attached hydrogen (secondary N) is 1. The molecule has 8 aliphatic rings. The van der Waals surface area contributed by atoms with Gasteiger partial charge in [0, 0.05) is 59.4 Å². The Balaban J connectivity index is 1.31. The number of esters is 1. The SMILES string of the molecule is COc1cc2c(cc1O)CCN[C@]21CS[C@@H]2C3(C)C(=C4OCOC4=C(C)C3OC)[C@H](COC1=O)N1C[C@@H]3Cc4cc(C)c(OC)c(O)c4C(N3C)C21C. The van der Waals surface area contributed by atoms with Crippen LogP contribution in [0, 0.1) is 12.3 Å². The summed E-state index contributed by atoms with van der Waals surface area (Å²) in [5, 5.41) is 26.3. The van der Waals surface area contributed by atoms with Crippen LogP contribution in [0.25, 0.3) is 0 Å². The third-order valence-electron chi connectivity index (χ3n) is 13.7. The Morgan fingerprint density at radius 1 is 1.02 bits per heavy atom. The number of aryl methyl sites for hydroxylation is 1. The third kappa shape index (κ3) is 4.37. The third-order valence-corrected chi connectivity index (χ3v) is 15.6. The number of likely N-dealkylation sites (N-methyl/N-ethyl adjacent to an activating group) is 1. The first-order chi connectivity index (χ1) is 25.4. The summed E-state index contributed by atoms with van der Waals surface area (Å²) in [5.74, 6) is 2.38. The van der Waals surface area contributed by atoms with Crippen molar-refractivity contribution in [2.75, 3.05) is 60.6 Å². The molecular formula is C40H49N3O9S. The molecule has 1 aliphatic carbocycles. The van der Waals surface area contributed by atoms with Crippen LogP contribution in [0.5, 0.6) is 23.0 Å². The minimum Gasteiger partial charge on any atom is -0.504 e. The van der Waals surface area contributed by atoms with E-state index in [0.717, 1.165) is 45.4 Å². The Bertz CT molecular complexity index is 2000. The van der Waals surface area contributed by atoms with Crippen LogP contribution in [0.3, 0.4) is 0 Å². The molecule has 2 aromatic rings. The number of hydrogen-bond donors (Lipinski definition) is 3. The molecule has 10 rings (SSSR count). The van der Waals surface area contributed by atoms with E-state index in [2.05, 4.69) is 49.0 Å². The van der Waals surface area contributed by atoms with Crippen LogP contribution in [-0.2, 0) is 42.1 Å². The van der Waals surface area contributed by atoms with Gasteiger partial charge in [0.05, 0.1) is 37.9 Å². The highest BCUT2D eigenvalue weighted by Gasteiger charge is 2.71. The van der Waals surface area contributed by atoms with Crippen molar-refractivity contribution in [1.82, 2.24) is 15.1 Å². The number of fused-ring (bicyclic) bond motifs is 9. The highest BCUT2D eigenvalue weighted by molar-refractivity contribution is 8.00. The molecule has 4 bridgehead atoms. The van der Waals surface area contributed by atoms with Crippen molar-refractivity contribution < 1.29 is 43.4 Å². The molecule has 1 spiro atoms. The largest absolute Gasteiger partial charge is 0.504 e. The zero-order chi connectivity index (χ0) is 37.4. The smallest absolute Gasteiger partial charge is 0.331 e. The van der Waals surface area contributed by atoms with Crippen molar-refractivity contribution in [3.63, 3.8) is 0 Å². The molecule has 0 aromatic heterocycles. The van der Waals surface area contributed by atoms with Crippen molar-refractivity contribution in [3.05, 3.63) is 68.7 Å². The van der Waals surface area contributed by atoms with E-state index < -0.39 is 22.5 Å². The number of piperidine rings is 1. The van der Waals surface area contributed by atoms with Gasteiger partial charge in [-0.2, -0.15) is 11.8 Å². The summed E-state index contributed by atoms with van der Waals surface area (Å²) in [6, 6.07) is 5.16. The van der Waals surface area contributed by atoms with Crippen LogP contribution in [0.15, 0.2) is 40.9 Å². The van der Waals surface area contributed by atoms with E-state index in [4.69, 9.17) is 28.4 Å². The van der Waals surface area contributed by atoms with Gasteiger partial charge in [-0.15, -0.1) is 0 Å². The van der Waals surface area contributed by atoms with E-state index >= 15 is 0 Å². The summed E-state index contributed by atoms with van der Waals surface area (Å²) in [6.07, 6.45) is 1.00. The fourth-order valence-corrected chi connectivity index (χ4v) is 13.6. The number of ether oxygens (including phenoxy) is 6. The standard InChI is InChI=1S/C40H49N3O9S/c1-19-11-22-12-23-15-43-25-16-50-37(46)40(24-14-27(47-6)26(44)13-21(24)9-10-41-40)17-53-36(39(43,4)34(42(23)5)28(22)30(45)31(19)48-7)38(3)29(25)33-32(51-18-52-33)20(2)35(38)49-8/h11,13-14,23,25,34-36,41,44-45H,9-10,12,15-18H2,1-8H3/t23-,25-,34?,35?,36+,38?,39?,40+/m0/s1. The zero-order valence-corrected chi connectivity index (χ0v) is 32.4. The highest BCUT2D eigenvalue weighted by Crippen LogP contribution is 2.66. The molecular weight excluding hydrogens is 699 g/mol. The molecule has 7 aliphatic heterocycles. The Morgan fingerprint density at radius 2 is 1.79 bits per heavy atom. The lowest BCUT2D eigenvalue weighted by molar-refractivity contribution is -0.167. The van der Waals surface area contributed by atoms with Crippen LogP contribution >= 0.6 is 11.8 Å². The van der Waals surface area contributed by atoms with E-state index in [1.54, 1.807) is 38.1 Å². The van der Waals surface area contributed by atoms with Crippen molar-refractivity contribution in [2.24, 2.45) is 5.41 Å². The number of carbonyl (C=O) groups is 1. The van der Waals surface area contributed by atoms with Crippen LogP contribution in [0.1, 0.15) is 54.6 Å². The molecule has 7 heterocycles. The van der Waals surface area contributed by atoms with Crippen molar-refractivity contribution in [2.45, 2.75) is 81.1 Å². The Hall–Kier alpha value is -3.62. The fraction of sp³-hybridized carbons (Fsp3) is 0.575. The van der Waals surface area contributed by atoms with Crippen molar-refractivity contribution in [1.29, 1.82) is 0 Å². The van der Waals surface area contributed by atoms with Gasteiger partial charge in [-0.3, -0.25) is 15.1 Å². The monoisotopic (exact) mass is 747 g/mol. The van der Waals surface area contributed by atoms with Gasteiger partial charge in [0.15, 0.2) is 40.1 Å². The first kappa shape index (κ1) is 35.1. The molecule has 8 atom stereocenters. The summed E-state index contributed by atoms with van der Waals surface area (Å²) in [5.41, 5.74) is 3.97. The van der Waals surface area contributed by atoms with Gasteiger partial charge in [0.1, 0.15) is 6.61 Å². The summed E-state index contributed by atoms with van der Waals surface area (Å²) >= 11 is 1.73. The minimum absolute atomic E-state index is 0.0402. The van der Waals surface area contributed by atoms with E-state index in [0.29, 0.717) is 48.3 Å². The van der Waals surface area contributed by atoms with Gasteiger partial charge >= 0.3 is 5.97 Å². The van der Waals surface area contributed by atoms with Gasteiger partial charge < -0.3 is 38.6 Å².